The first-order chi connectivity index (χ1) is 6.54. The van der Waals surface area contributed by atoms with Crippen LogP contribution in [0.2, 0.25) is 0 Å². The normalized spacial score (nSPS) is 10.1. The topological polar surface area (TPSA) is 29.1 Å². The molecule has 0 atom stereocenters. The zero-order valence-electron chi connectivity index (χ0n) is 8.86. The van der Waals surface area contributed by atoms with E-state index in [2.05, 4.69) is 34.8 Å². The fourth-order valence-corrected chi connectivity index (χ4v) is 2.32. The maximum atomic E-state index is 10.9. The van der Waals surface area contributed by atoms with E-state index in [9.17, 15) is 4.79 Å². The fraction of sp³-hybridized carbons (Fsp3) is 0.364. The largest absolute Gasteiger partial charge is 0.388 e. The van der Waals surface area contributed by atoms with Crippen molar-refractivity contribution < 1.29 is 4.79 Å². The highest BCUT2D eigenvalue weighted by Crippen LogP contribution is 2.30. The van der Waals surface area contributed by atoms with Crippen LogP contribution in [0.25, 0.3) is 0 Å². The molecule has 1 N–H and O–H groups in total. The molecule has 0 spiro atoms. The zero-order valence-corrected chi connectivity index (χ0v) is 11.0. The summed E-state index contributed by atoms with van der Waals surface area (Å²) in [5, 5.41) is 3.14. The third-order valence-electron chi connectivity index (χ3n) is 2.58. The number of carbonyl (C=O) groups excluding carboxylic acids is 1. The highest BCUT2D eigenvalue weighted by atomic mass is 127. The van der Waals surface area contributed by atoms with Gasteiger partial charge in [-0.15, -0.1) is 0 Å². The zero-order chi connectivity index (χ0) is 10.9. The van der Waals surface area contributed by atoms with Crippen molar-refractivity contribution in [1.82, 2.24) is 0 Å². The second-order valence-corrected chi connectivity index (χ2v) is 4.42. The van der Waals surface area contributed by atoms with Gasteiger partial charge in [0.15, 0.2) is 6.29 Å². The first kappa shape index (κ1) is 11.5. The summed E-state index contributed by atoms with van der Waals surface area (Å²) in [6.07, 6.45) is 0.938. The van der Waals surface area contributed by atoms with Gasteiger partial charge in [0.05, 0.1) is 0 Å². The van der Waals surface area contributed by atoms with Crippen molar-refractivity contribution in [3.8, 4) is 0 Å². The number of hydrogen-bond donors (Lipinski definition) is 1. The molecule has 1 aromatic rings. The summed E-state index contributed by atoms with van der Waals surface area (Å²) < 4.78 is 1.17. The second kappa shape index (κ2) is 4.29. The smallest absolute Gasteiger partial charge is 0.150 e. The van der Waals surface area contributed by atoms with Crippen LogP contribution in [0.15, 0.2) is 0 Å². The molecule has 0 bridgehead atoms. The van der Waals surface area contributed by atoms with E-state index >= 15 is 0 Å². The first-order valence-electron chi connectivity index (χ1n) is 4.46. The van der Waals surface area contributed by atoms with Crippen LogP contribution in [0.3, 0.4) is 0 Å². The lowest BCUT2D eigenvalue weighted by Crippen LogP contribution is -2.04. The van der Waals surface area contributed by atoms with Crippen molar-refractivity contribution in [2.45, 2.75) is 20.8 Å². The molecular weight excluding hydrogens is 289 g/mol. The Bertz CT molecular complexity index is 386. The molecule has 0 aliphatic heterocycles. The Labute approximate surface area is 98.2 Å². The number of rotatable bonds is 2. The Morgan fingerprint density at radius 1 is 1.14 bits per heavy atom. The predicted octanol–water partition coefficient (Wildman–Crippen LogP) is 3.07. The molecule has 0 saturated heterocycles. The summed E-state index contributed by atoms with van der Waals surface area (Å²) in [7, 11) is 1.88. The van der Waals surface area contributed by atoms with Crippen LogP contribution in [-0.4, -0.2) is 13.3 Å². The number of nitrogens with one attached hydrogen (secondary N) is 1. The summed E-state index contributed by atoms with van der Waals surface area (Å²) >= 11 is 2.28. The van der Waals surface area contributed by atoms with Crippen LogP contribution in [-0.2, 0) is 0 Å². The number of aldehydes is 1. The molecule has 0 unspecified atom stereocenters. The van der Waals surface area contributed by atoms with Crippen molar-refractivity contribution in [3.63, 3.8) is 0 Å². The number of benzene rings is 1. The summed E-state index contributed by atoms with van der Waals surface area (Å²) in [5.74, 6) is 0. The highest BCUT2D eigenvalue weighted by Gasteiger charge is 2.13. The molecule has 3 heteroatoms. The van der Waals surface area contributed by atoms with Gasteiger partial charge in [-0.2, -0.15) is 0 Å². The summed E-state index contributed by atoms with van der Waals surface area (Å²) in [6, 6.07) is 0. The van der Waals surface area contributed by atoms with Gasteiger partial charge in [-0.05, 0) is 60.1 Å². The molecular formula is C11H14INO. The molecule has 0 heterocycles. The van der Waals surface area contributed by atoms with E-state index < -0.39 is 0 Å². The van der Waals surface area contributed by atoms with Crippen molar-refractivity contribution >= 4 is 34.6 Å². The minimum atomic E-state index is 0.810. The molecule has 0 aliphatic carbocycles. The lowest BCUT2D eigenvalue weighted by molar-refractivity contribution is 0.112. The molecule has 0 fully saturated rings. The molecule has 0 radical (unpaired) electrons. The van der Waals surface area contributed by atoms with Gasteiger partial charge in [-0.25, -0.2) is 0 Å². The summed E-state index contributed by atoms with van der Waals surface area (Å²) in [4.78, 5) is 10.9. The SMILES string of the molecule is CNc1c(C)c(I)c(C)c(C=O)c1C. The molecule has 0 amide bonds. The lowest BCUT2D eigenvalue weighted by atomic mass is 9.98. The van der Waals surface area contributed by atoms with E-state index in [4.69, 9.17) is 0 Å². The van der Waals surface area contributed by atoms with Crippen LogP contribution < -0.4 is 5.32 Å². The maximum Gasteiger partial charge on any atom is 0.150 e. The van der Waals surface area contributed by atoms with E-state index in [1.54, 1.807) is 0 Å². The average molecular weight is 303 g/mol. The van der Waals surface area contributed by atoms with Crippen LogP contribution in [0.1, 0.15) is 27.0 Å². The van der Waals surface area contributed by atoms with Gasteiger partial charge in [0.2, 0.25) is 0 Å². The fourth-order valence-electron chi connectivity index (χ4n) is 1.76. The van der Waals surface area contributed by atoms with Gasteiger partial charge >= 0.3 is 0 Å². The van der Waals surface area contributed by atoms with Gasteiger partial charge in [-0.1, -0.05) is 0 Å². The molecule has 14 heavy (non-hydrogen) atoms. The monoisotopic (exact) mass is 303 g/mol. The number of anilines is 1. The number of halogens is 1. The summed E-state index contributed by atoms with van der Waals surface area (Å²) in [5.41, 5.74) is 5.22. The van der Waals surface area contributed by atoms with E-state index in [0.29, 0.717) is 0 Å². The van der Waals surface area contributed by atoms with Gasteiger partial charge in [0, 0.05) is 21.9 Å². The van der Waals surface area contributed by atoms with Crippen molar-refractivity contribution in [2.24, 2.45) is 0 Å². The van der Waals surface area contributed by atoms with Gasteiger partial charge in [0.25, 0.3) is 0 Å². The van der Waals surface area contributed by atoms with Crippen molar-refractivity contribution in [2.75, 3.05) is 12.4 Å². The second-order valence-electron chi connectivity index (χ2n) is 3.35. The Hall–Kier alpha value is -0.580. The van der Waals surface area contributed by atoms with Gasteiger partial charge in [0.1, 0.15) is 0 Å². The van der Waals surface area contributed by atoms with Crippen LogP contribution in [0.5, 0.6) is 0 Å². The van der Waals surface area contributed by atoms with Crippen LogP contribution in [0, 0.1) is 24.3 Å². The Balaban J connectivity index is 3.64. The third kappa shape index (κ3) is 1.65. The molecule has 0 aliphatic rings. The van der Waals surface area contributed by atoms with Crippen LogP contribution in [0.4, 0.5) is 5.69 Å². The minimum absolute atomic E-state index is 0.810. The van der Waals surface area contributed by atoms with E-state index in [0.717, 1.165) is 28.7 Å². The van der Waals surface area contributed by atoms with Crippen molar-refractivity contribution in [1.29, 1.82) is 0 Å². The van der Waals surface area contributed by atoms with E-state index in [-0.39, 0.29) is 0 Å². The summed E-state index contributed by atoms with van der Waals surface area (Å²) in [6.45, 7) is 6.04. The Kier molecular flexibility index (Phi) is 3.53. The Morgan fingerprint density at radius 2 is 1.71 bits per heavy atom. The average Bonchev–Trinajstić information content (AvgIpc) is 2.16. The van der Waals surface area contributed by atoms with Crippen molar-refractivity contribution in [3.05, 3.63) is 25.8 Å². The lowest BCUT2D eigenvalue weighted by Gasteiger charge is -2.16. The van der Waals surface area contributed by atoms with Crippen LogP contribution >= 0.6 is 22.6 Å². The molecule has 1 rings (SSSR count). The first-order valence-corrected chi connectivity index (χ1v) is 5.54. The van der Waals surface area contributed by atoms with E-state index in [1.165, 1.54) is 9.13 Å². The third-order valence-corrected chi connectivity index (χ3v) is 4.20. The highest BCUT2D eigenvalue weighted by molar-refractivity contribution is 14.1. The molecule has 0 aromatic heterocycles. The molecule has 2 nitrogen and oxygen atoms in total. The minimum Gasteiger partial charge on any atom is -0.388 e. The predicted molar refractivity (Wildman–Crippen MR) is 68.3 cm³/mol. The maximum absolute atomic E-state index is 10.9. The Morgan fingerprint density at radius 3 is 2.14 bits per heavy atom. The number of hydrogen-bond acceptors (Lipinski definition) is 2. The molecule has 0 saturated carbocycles. The van der Waals surface area contributed by atoms with E-state index in [1.807, 2.05) is 20.9 Å². The van der Waals surface area contributed by atoms with Gasteiger partial charge in [-0.3, -0.25) is 4.79 Å². The molecule has 1 aromatic carbocycles. The number of carbonyl (C=O) groups is 1. The quantitative estimate of drug-likeness (QED) is 0.672. The molecule has 76 valence electrons. The van der Waals surface area contributed by atoms with Gasteiger partial charge < -0.3 is 5.32 Å². The standard InChI is InChI=1S/C11H14INO/c1-6-9(5-14)7(2)11(13-4)8(3)10(6)12/h5,13H,1-4H3.